The van der Waals surface area contributed by atoms with Crippen molar-refractivity contribution in [3.05, 3.63) is 0 Å². The van der Waals surface area contributed by atoms with Crippen molar-refractivity contribution in [3.8, 4) is 0 Å². The fourth-order valence-electron chi connectivity index (χ4n) is 1.43. The van der Waals surface area contributed by atoms with Crippen LogP contribution < -0.4 is 5.32 Å². The van der Waals surface area contributed by atoms with Gasteiger partial charge in [0.1, 0.15) is 6.54 Å². The number of urea groups is 1. The van der Waals surface area contributed by atoms with Gasteiger partial charge in [0.05, 0.1) is 7.11 Å². The Kier molecular flexibility index (Phi) is 4.22. The third-order valence-corrected chi connectivity index (χ3v) is 2.25. The minimum Gasteiger partial charge on any atom is -0.468 e. The summed E-state index contributed by atoms with van der Waals surface area (Å²) in [6, 6.07) is -0.171. The Morgan fingerprint density at radius 2 is 1.93 bits per heavy atom. The summed E-state index contributed by atoms with van der Waals surface area (Å²) in [6.07, 6.45) is 3.28. The molecule has 0 spiro atoms. The fourth-order valence-corrected chi connectivity index (χ4v) is 1.43. The monoisotopic (exact) mass is 200 g/mol. The lowest BCUT2D eigenvalue weighted by Crippen LogP contribution is -2.44. The van der Waals surface area contributed by atoms with Crippen LogP contribution in [0.15, 0.2) is 0 Å². The van der Waals surface area contributed by atoms with E-state index in [1.165, 1.54) is 13.5 Å². The summed E-state index contributed by atoms with van der Waals surface area (Å²) in [6.45, 7) is 1.52. The van der Waals surface area contributed by atoms with E-state index in [0.717, 1.165) is 25.9 Å². The summed E-state index contributed by atoms with van der Waals surface area (Å²) in [5, 5.41) is 2.52. The number of carbonyl (C=O) groups excluding carboxylic acids is 2. The van der Waals surface area contributed by atoms with E-state index in [-0.39, 0.29) is 12.6 Å². The summed E-state index contributed by atoms with van der Waals surface area (Å²) < 4.78 is 4.42. The third kappa shape index (κ3) is 3.24. The van der Waals surface area contributed by atoms with Crippen LogP contribution in [0.2, 0.25) is 0 Å². The van der Waals surface area contributed by atoms with E-state index in [9.17, 15) is 9.59 Å². The summed E-state index contributed by atoms with van der Waals surface area (Å²) >= 11 is 0. The second-order valence-corrected chi connectivity index (χ2v) is 3.28. The molecule has 2 amide bonds. The number of methoxy groups -OCH3 is 1. The molecule has 0 unspecified atom stereocenters. The number of nitrogens with zero attached hydrogens (tertiary/aromatic N) is 1. The number of esters is 1. The molecule has 1 rings (SSSR count). The first kappa shape index (κ1) is 10.8. The molecule has 1 aliphatic rings. The van der Waals surface area contributed by atoms with Crippen molar-refractivity contribution in [1.82, 2.24) is 10.2 Å². The van der Waals surface area contributed by atoms with Gasteiger partial charge in [0.2, 0.25) is 0 Å². The molecule has 1 N–H and O–H groups in total. The molecule has 1 aliphatic heterocycles. The standard InChI is InChI=1S/C9H16N2O3/c1-14-8(12)7-10-9(13)11-5-3-2-4-6-11/h2-7H2,1H3,(H,10,13). The molecule has 5 heteroatoms. The molecular formula is C9H16N2O3. The molecule has 0 aliphatic carbocycles. The van der Waals surface area contributed by atoms with Gasteiger partial charge < -0.3 is 15.0 Å². The highest BCUT2D eigenvalue weighted by Gasteiger charge is 2.16. The van der Waals surface area contributed by atoms with Crippen LogP contribution in [-0.4, -0.2) is 43.6 Å². The molecule has 80 valence electrons. The summed E-state index contributed by atoms with van der Waals surface area (Å²) in [5.41, 5.74) is 0. The van der Waals surface area contributed by atoms with Crippen LogP contribution in [-0.2, 0) is 9.53 Å². The molecule has 5 nitrogen and oxygen atoms in total. The van der Waals surface area contributed by atoms with Gasteiger partial charge in [0, 0.05) is 13.1 Å². The number of ether oxygens (including phenoxy) is 1. The van der Waals surface area contributed by atoms with E-state index in [1.807, 2.05) is 0 Å². The lowest BCUT2D eigenvalue weighted by Gasteiger charge is -2.26. The Morgan fingerprint density at radius 1 is 1.29 bits per heavy atom. The molecule has 0 aromatic carbocycles. The predicted molar refractivity (Wildman–Crippen MR) is 50.8 cm³/mol. The third-order valence-electron chi connectivity index (χ3n) is 2.25. The van der Waals surface area contributed by atoms with E-state index in [1.54, 1.807) is 4.90 Å². The average Bonchev–Trinajstić information content (AvgIpc) is 2.26. The average molecular weight is 200 g/mol. The second kappa shape index (κ2) is 5.47. The van der Waals surface area contributed by atoms with Crippen molar-refractivity contribution in [2.45, 2.75) is 19.3 Å². The van der Waals surface area contributed by atoms with Crippen molar-refractivity contribution in [2.75, 3.05) is 26.7 Å². The summed E-state index contributed by atoms with van der Waals surface area (Å²) in [4.78, 5) is 23.9. The largest absolute Gasteiger partial charge is 0.468 e. The lowest BCUT2D eigenvalue weighted by atomic mass is 10.1. The van der Waals surface area contributed by atoms with Crippen LogP contribution in [0.5, 0.6) is 0 Å². The van der Waals surface area contributed by atoms with E-state index in [2.05, 4.69) is 10.1 Å². The summed E-state index contributed by atoms with van der Waals surface area (Å²) in [7, 11) is 1.30. The van der Waals surface area contributed by atoms with Crippen LogP contribution in [0.1, 0.15) is 19.3 Å². The van der Waals surface area contributed by atoms with Crippen LogP contribution >= 0.6 is 0 Å². The quantitative estimate of drug-likeness (QED) is 0.654. The van der Waals surface area contributed by atoms with Crippen LogP contribution in [0, 0.1) is 0 Å². The molecule has 0 aromatic heterocycles. The Labute approximate surface area is 83.4 Å². The first-order valence-electron chi connectivity index (χ1n) is 4.83. The van der Waals surface area contributed by atoms with Crippen molar-refractivity contribution >= 4 is 12.0 Å². The van der Waals surface area contributed by atoms with Crippen molar-refractivity contribution in [2.24, 2.45) is 0 Å². The highest BCUT2D eigenvalue weighted by atomic mass is 16.5. The predicted octanol–water partition coefficient (Wildman–Crippen LogP) is 0.355. The minimum atomic E-state index is -0.421. The molecular weight excluding hydrogens is 184 g/mol. The van der Waals surface area contributed by atoms with Gasteiger partial charge in [-0.3, -0.25) is 4.79 Å². The molecule has 1 heterocycles. The number of carbonyl (C=O) groups is 2. The van der Waals surface area contributed by atoms with Gasteiger partial charge >= 0.3 is 12.0 Å². The van der Waals surface area contributed by atoms with Crippen molar-refractivity contribution < 1.29 is 14.3 Å². The maximum Gasteiger partial charge on any atom is 0.325 e. The van der Waals surface area contributed by atoms with Crippen LogP contribution in [0.3, 0.4) is 0 Å². The fraction of sp³-hybridized carbons (Fsp3) is 0.778. The first-order chi connectivity index (χ1) is 6.74. The number of likely N-dealkylation sites (tertiary alicyclic amines) is 1. The van der Waals surface area contributed by atoms with E-state index in [4.69, 9.17) is 0 Å². The van der Waals surface area contributed by atoms with Gasteiger partial charge in [-0.25, -0.2) is 4.79 Å². The molecule has 0 aromatic rings. The lowest BCUT2D eigenvalue weighted by molar-refractivity contribution is -0.139. The van der Waals surface area contributed by atoms with Crippen LogP contribution in [0.4, 0.5) is 4.79 Å². The van der Waals surface area contributed by atoms with Crippen molar-refractivity contribution in [3.63, 3.8) is 0 Å². The van der Waals surface area contributed by atoms with Gasteiger partial charge in [-0.2, -0.15) is 0 Å². The number of hydrogen-bond donors (Lipinski definition) is 1. The number of nitrogens with one attached hydrogen (secondary N) is 1. The number of piperidine rings is 1. The molecule has 0 atom stereocenters. The van der Waals surface area contributed by atoms with Crippen molar-refractivity contribution in [1.29, 1.82) is 0 Å². The molecule has 1 saturated heterocycles. The molecule has 14 heavy (non-hydrogen) atoms. The zero-order valence-electron chi connectivity index (χ0n) is 8.41. The number of amides is 2. The van der Waals surface area contributed by atoms with E-state index < -0.39 is 5.97 Å². The van der Waals surface area contributed by atoms with Gasteiger partial charge in [0.25, 0.3) is 0 Å². The zero-order chi connectivity index (χ0) is 10.4. The maximum absolute atomic E-state index is 11.4. The Morgan fingerprint density at radius 3 is 2.50 bits per heavy atom. The van der Waals surface area contributed by atoms with Gasteiger partial charge in [-0.05, 0) is 19.3 Å². The normalized spacial score (nSPS) is 16.2. The van der Waals surface area contributed by atoms with Gasteiger partial charge in [-0.1, -0.05) is 0 Å². The van der Waals surface area contributed by atoms with E-state index >= 15 is 0 Å². The highest BCUT2D eigenvalue weighted by Crippen LogP contribution is 2.07. The zero-order valence-corrected chi connectivity index (χ0v) is 8.41. The smallest absolute Gasteiger partial charge is 0.325 e. The molecule has 0 radical (unpaired) electrons. The minimum absolute atomic E-state index is 0.0498. The SMILES string of the molecule is COC(=O)CNC(=O)N1CCCCC1. The van der Waals surface area contributed by atoms with Crippen LogP contribution in [0.25, 0.3) is 0 Å². The Bertz CT molecular complexity index is 212. The Balaban J connectivity index is 2.23. The number of rotatable bonds is 2. The first-order valence-corrected chi connectivity index (χ1v) is 4.83. The van der Waals surface area contributed by atoms with Gasteiger partial charge in [0.15, 0.2) is 0 Å². The highest BCUT2D eigenvalue weighted by molar-refractivity contribution is 5.80. The van der Waals surface area contributed by atoms with Gasteiger partial charge in [-0.15, -0.1) is 0 Å². The second-order valence-electron chi connectivity index (χ2n) is 3.28. The van der Waals surface area contributed by atoms with E-state index in [0.29, 0.717) is 0 Å². The maximum atomic E-state index is 11.4. The molecule has 0 bridgehead atoms. The topological polar surface area (TPSA) is 58.6 Å². The molecule has 1 fully saturated rings. The molecule has 0 saturated carbocycles. The summed E-state index contributed by atoms with van der Waals surface area (Å²) in [5.74, 6) is -0.421. The number of hydrogen-bond acceptors (Lipinski definition) is 3. The Hall–Kier alpha value is -1.26.